The van der Waals surface area contributed by atoms with E-state index in [-0.39, 0.29) is 38.3 Å². The number of benzene rings is 2. The fourth-order valence-electron chi connectivity index (χ4n) is 4.29. The van der Waals surface area contributed by atoms with Crippen molar-refractivity contribution >= 4 is 0 Å². The first kappa shape index (κ1) is 33.5. The van der Waals surface area contributed by atoms with Crippen LogP contribution in [0.2, 0.25) is 0 Å². The fourth-order valence-corrected chi connectivity index (χ4v) is 4.29. The monoisotopic (exact) mass is 536 g/mol. The Labute approximate surface area is 228 Å². The summed E-state index contributed by atoms with van der Waals surface area (Å²) in [6.07, 6.45) is 6.93. The molecule has 2 rings (SSSR count). The Morgan fingerprint density at radius 2 is 0.895 bits per heavy atom. The van der Waals surface area contributed by atoms with Gasteiger partial charge in [-0.15, -0.1) is 0 Å². The standard InChI is InChI=1S/2C15H24O4/c2*1-18-14-7-6-12(10-15(14)19-2)9-13(11-17)5-3-4-8-16/h2*6-7,10,13,16-17H,3-5,8-9,11H2,1-2H3/t2*13-/m10/s1. The molecule has 0 aliphatic rings. The minimum absolute atomic E-state index is 0.166. The highest BCUT2D eigenvalue weighted by molar-refractivity contribution is 5.43. The summed E-state index contributed by atoms with van der Waals surface area (Å²) in [4.78, 5) is 0. The average Bonchev–Trinajstić information content (AvgIpc) is 2.96. The molecule has 0 fully saturated rings. The second-order valence-electron chi connectivity index (χ2n) is 9.32. The van der Waals surface area contributed by atoms with E-state index in [1.165, 1.54) is 0 Å². The van der Waals surface area contributed by atoms with Crippen LogP contribution in [-0.2, 0) is 12.8 Å². The lowest BCUT2D eigenvalue weighted by Gasteiger charge is -2.15. The number of rotatable bonds is 18. The van der Waals surface area contributed by atoms with Gasteiger partial charge in [0.15, 0.2) is 23.0 Å². The summed E-state index contributed by atoms with van der Waals surface area (Å²) in [6, 6.07) is 11.7. The molecule has 0 radical (unpaired) electrons. The van der Waals surface area contributed by atoms with Gasteiger partial charge in [-0.05, 0) is 85.8 Å². The smallest absolute Gasteiger partial charge is 0.160 e. The molecule has 8 nitrogen and oxygen atoms in total. The summed E-state index contributed by atoms with van der Waals surface area (Å²) in [6.45, 7) is 0.766. The Morgan fingerprint density at radius 3 is 1.18 bits per heavy atom. The molecule has 38 heavy (non-hydrogen) atoms. The van der Waals surface area contributed by atoms with Crippen LogP contribution in [0.5, 0.6) is 23.0 Å². The molecule has 2 atom stereocenters. The molecule has 0 bridgehead atoms. The Kier molecular flexibility index (Phi) is 18.0. The third-order valence-corrected chi connectivity index (χ3v) is 6.50. The molecule has 0 aliphatic carbocycles. The normalized spacial score (nSPS) is 12.2. The Hall–Kier alpha value is -2.52. The number of methoxy groups -OCH3 is 4. The molecular weight excluding hydrogens is 488 g/mol. The molecular formula is C30H48O8. The number of aliphatic hydroxyl groups is 4. The van der Waals surface area contributed by atoms with E-state index in [9.17, 15) is 10.2 Å². The van der Waals surface area contributed by atoms with Crippen LogP contribution in [0.4, 0.5) is 0 Å². The minimum Gasteiger partial charge on any atom is -0.493 e. The third kappa shape index (κ3) is 12.3. The van der Waals surface area contributed by atoms with Crippen molar-refractivity contribution in [3.63, 3.8) is 0 Å². The maximum atomic E-state index is 9.40. The zero-order valence-corrected chi connectivity index (χ0v) is 23.5. The molecule has 0 saturated carbocycles. The van der Waals surface area contributed by atoms with Crippen LogP contribution in [0.15, 0.2) is 36.4 Å². The summed E-state index contributed by atoms with van der Waals surface area (Å²) in [5.74, 6) is 3.31. The van der Waals surface area contributed by atoms with E-state index < -0.39 is 0 Å². The minimum atomic E-state index is 0.166. The van der Waals surface area contributed by atoms with Gasteiger partial charge in [0.05, 0.1) is 28.4 Å². The molecule has 0 heterocycles. The molecule has 0 spiro atoms. The van der Waals surface area contributed by atoms with Gasteiger partial charge in [-0.3, -0.25) is 0 Å². The van der Waals surface area contributed by atoms with E-state index >= 15 is 0 Å². The van der Waals surface area contributed by atoms with E-state index in [2.05, 4.69) is 0 Å². The summed E-state index contributed by atoms with van der Waals surface area (Å²) in [5, 5.41) is 36.3. The highest BCUT2D eigenvalue weighted by atomic mass is 16.5. The van der Waals surface area contributed by atoms with E-state index in [1.54, 1.807) is 28.4 Å². The largest absolute Gasteiger partial charge is 0.493 e. The lowest BCUT2D eigenvalue weighted by molar-refractivity contribution is 0.209. The molecule has 0 amide bonds. The fraction of sp³-hybridized carbons (Fsp3) is 0.600. The zero-order chi connectivity index (χ0) is 28.2. The third-order valence-electron chi connectivity index (χ3n) is 6.50. The molecule has 2 aromatic rings. The van der Waals surface area contributed by atoms with Crippen molar-refractivity contribution in [3.8, 4) is 23.0 Å². The molecule has 216 valence electrons. The lowest BCUT2D eigenvalue weighted by atomic mass is 9.94. The van der Waals surface area contributed by atoms with Crippen molar-refractivity contribution in [1.29, 1.82) is 0 Å². The lowest BCUT2D eigenvalue weighted by Crippen LogP contribution is -2.10. The molecule has 0 unspecified atom stereocenters. The van der Waals surface area contributed by atoms with Crippen molar-refractivity contribution in [3.05, 3.63) is 47.5 Å². The van der Waals surface area contributed by atoms with Crippen LogP contribution in [0.1, 0.15) is 49.7 Å². The summed E-state index contributed by atoms with van der Waals surface area (Å²) in [5.41, 5.74) is 2.25. The van der Waals surface area contributed by atoms with Gasteiger partial charge in [0.1, 0.15) is 0 Å². The number of hydrogen-bond acceptors (Lipinski definition) is 8. The van der Waals surface area contributed by atoms with E-state index in [4.69, 9.17) is 29.2 Å². The first-order chi connectivity index (χ1) is 18.5. The highest BCUT2D eigenvalue weighted by Gasteiger charge is 2.12. The number of ether oxygens (including phenoxy) is 4. The van der Waals surface area contributed by atoms with Crippen molar-refractivity contribution in [2.75, 3.05) is 54.9 Å². The first-order valence-corrected chi connectivity index (χ1v) is 13.3. The topological polar surface area (TPSA) is 118 Å². The average molecular weight is 537 g/mol. The predicted octanol–water partition coefficient (Wildman–Crippen LogP) is 4.03. The Bertz CT molecular complexity index is 802. The van der Waals surface area contributed by atoms with Gasteiger partial charge < -0.3 is 39.4 Å². The van der Waals surface area contributed by atoms with Gasteiger partial charge in [-0.1, -0.05) is 25.0 Å². The van der Waals surface area contributed by atoms with Crippen molar-refractivity contribution < 1.29 is 39.4 Å². The second kappa shape index (κ2) is 20.4. The predicted molar refractivity (Wildman–Crippen MR) is 150 cm³/mol. The molecule has 2 aromatic carbocycles. The SMILES string of the molecule is COc1ccc(C[C@@H](CO)CCCCO)cc1OC.COc1ccc(C[C@H](CO)CCCCO)cc1OC. The van der Waals surface area contributed by atoms with Gasteiger partial charge in [-0.25, -0.2) is 0 Å². The number of hydrogen-bond donors (Lipinski definition) is 4. The van der Waals surface area contributed by atoms with Crippen LogP contribution in [-0.4, -0.2) is 75.3 Å². The van der Waals surface area contributed by atoms with Crippen LogP contribution >= 0.6 is 0 Å². The van der Waals surface area contributed by atoms with Crippen LogP contribution in [0.3, 0.4) is 0 Å². The van der Waals surface area contributed by atoms with E-state index in [1.807, 2.05) is 36.4 Å². The highest BCUT2D eigenvalue weighted by Crippen LogP contribution is 2.30. The van der Waals surface area contributed by atoms with Gasteiger partial charge in [0, 0.05) is 26.4 Å². The number of unbranched alkanes of at least 4 members (excludes halogenated alkanes) is 2. The molecule has 0 aliphatic heterocycles. The van der Waals surface area contributed by atoms with Crippen LogP contribution in [0, 0.1) is 11.8 Å². The maximum Gasteiger partial charge on any atom is 0.160 e. The van der Waals surface area contributed by atoms with E-state index in [0.29, 0.717) is 23.0 Å². The quantitative estimate of drug-likeness (QED) is 0.211. The van der Waals surface area contributed by atoms with Crippen molar-refractivity contribution in [2.24, 2.45) is 11.8 Å². The van der Waals surface area contributed by atoms with Crippen LogP contribution in [0.25, 0.3) is 0 Å². The molecule has 8 heteroatoms. The molecule has 0 saturated heterocycles. The van der Waals surface area contributed by atoms with E-state index in [0.717, 1.165) is 62.5 Å². The first-order valence-electron chi connectivity index (χ1n) is 13.3. The van der Waals surface area contributed by atoms with Crippen molar-refractivity contribution in [1.82, 2.24) is 0 Å². The summed E-state index contributed by atoms with van der Waals surface area (Å²) in [7, 11) is 6.46. The zero-order valence-electron chi connectivity index (χ0n) is 23.5. The molecule has 4 N–H and O–H groups in total. The Balaban J connectivity index is 0.000000380. The van der Waals surface area contributed by atoms with Gasteiger partial charge in [0.25, 0.3) is 0 Å². The van der Waals surface area contributed by atoms with Gasteiger partial charge >= 0.3 is 0 Å². The molecule has 0 aromatic heterocycles. The van der Waals surface area contributed by atoms with Gasteiger partial charge in [-0.2, -0.15) is 0 Å². The maximum absolute atomic E-state index is 9.40. The van der Waals surface area contributed by atoms with Crippen LogP contribution < -0.4 is 18.9 Å². The Morgan fingerprint density at radius 1 is 0.526 bits per heavy atom. The number of aliphatic hydroxyl groups excluding tert-OH is 4. The van der Waals surface area contributed by atoms with Crippen molar-refractivity contribution in [2.45, 2.75) is 51.4 Å². The summed E-state index contributed by atoms with van der Waals surface area (Å²) >= 11 is 0. The second-order valence-corrected chi connectivity index (χ2v) is 9.32. The van der Waals surface area contributed by atoms with Gasteiger partial charge in [0.2, 0.25) is 0 Å². The summed E-state index contributed by atoms with van der Waals surface area (Å²) < 4.78 is 20.9.